The molecule has 0 unspecified atom stereocenters. The number of carbonyl (C=O) groups excluding carboxylic acids is 1. The number of carbonyl (C=O) groups is 1. The Morgan fingerprint density at radius 2 is 2.00 bits per heavy atom. The van der Waals surface area contributed by atoms with Crippen LogP contribution in [0.3, 0.4) is 0 Å². The highest BCUT2D eigenvalue weighted by atomic mass is 79.9. The van der Waals surface area contributed by atoms with E-state index in [9.17, 15) is 4.79 Å². The van der Waals surface area contributed by atoms with Gasteiger partial charge < -0.3 is 9.47 Å². The van der Waals surface area contributed by atoms with Gasteiger partial charge >= 0.3 is 0 Å². The molecule has 3 aromatic rings. The van der Waals surface area contributed by atoms with E-state index >= 15 is 0 Å². The first-order valence-electron chi connectivity index (χ1n) is 8.18. The molecule has 1 N–H and O–H groups in total. The lowest BCUT2D eigenvalue weighted by atomic mass is 10.2. The Bertz CT molecular complexity index is 998. The van der Waals surface area contributed by atoms with Crippen LogP contribution in [0.1, 0.15) is 21.6 Å². The Balaban J connectivity index is 1.36. The fourth-order valence-corrected chi connectivity index (χ4v) is 2.83. The van der Waals surface area contributed by atoms with E-state index in [-0.39, 0.29) is 12.7 Å². The lowest BCUT2D eigenvalue weighted by molar-refractivity contribution is 0.0949. The van der Waals surface area contributed by atoms with Crippen LogP contribution < -0.4 is 14.9 Å². The van der Waals surface area contributed by atoms with Crippen molar-refractivity contribution in [3.8, 4) is 11.5 Å². The minimum atomic E-state index is -0.374. The zero-order valence-corrected chi connectivity index (χ0v) is 15.7. The molecular weight excluding hydrogens is 412 g/mol. The highest BCUT2D eigenvalue weighted by molar-refractivity contribution is 9.10. The third-order valence-corrected chi connectivity index (χ3v) is 4.44. The van der Waals surface area contributed by atoms with Gasteiger partial charge in [0.05, 0.1) is 12.8 Å². The molecule has 0 bridgehead atoms. The Morgan fingerprint density at radius 1 is 1.19 bits per heavy atom. The van der Waals surface area contributed by atoms with E-state index in [1.165, 1.54) is 0 Å². The number of fused-ring (bicyclic) bond motifs is 1. The molecule has 27 heavy (non-hydrogen) atoms. The SMILES string of the molecule is O=C(N/N=C/c1ccc2c(c1)OCO2)c1ccn(Cc2ccc(Br)cc2)n1. The van der Waals surface area contributed by atoms with Crippen molar-refractivity contribution in [3.63, 3.8) is 0 Å². The number of aromatic nitrogens is 2. The van der Waals surface area contributed by atoms with Gasteiger partial charge in [0.2, 0.25) is 6.79 Å². The van der Waals surface area contributed by atoms with Crippen LogP contribution in [0.15, 0.2) is 64.3 Å². The van der Waals surface area contributed by atoms with Gasteiger partial charge in [0.1, 0.15) is 0 Å². The molecule has 0 saturated carbocycles. The number of halogens is 1. The molecule has 0 aliphatic carbocycles. The monoisotopic (exact) mass is 426 g/mol. The zero-order chi connectivity index (χ0) is 18.6. The van der Waals surface area contributed by atoms with Crippen LogP contribution in [0, 0.1) is 0 Å². The molecule has 0 spiro atoms. The maximum absolute atomic E-state index is 12.2. The molecule has 136 valence electrons. The van der Waals surface area contributed by atoms with Crippen LogP contribution in [-0.4, -0.2) is 28.7 Å². The van der Waals surface area contributed by atoms with Gasteiger partial charge in [-0.15, -0.1) is 0 Å². The number of rotatable bonds is 5. The normalized spacial score (nSPS) is 12.5. The summed E-state index contributed by atoms with van der Waals surface area (Å²) in [4.78, 5) is 12.2. The molecule has 0 fully saturated rings. The van der Waals surface area contributed by atoms with Gasteiger partial charge in [-0.25, -0.2) is 5.43 Å². The maximum atomic E-state index is 12.2. The molecule has 1 aromatic heterocycles. The first-order chi connectivity index (χ1) is 13.2. The van der Waals surface area contributed by atoms with Gasteiger partial charge in [-0.05, 0) is 47.5 Å². The molecule has 8 heteroatoms. The van der Waals surface area contributed by atoms with Crippen molar-refractivity contribution >= 4 is 28.1 Å². The van der Waals surface area contributed by atoms with E-state index in [1.54, 1.807) is 35.3 Å². The molecule has 0 radical (unpaired) electrons. The second-order valence-corrected chi connectivity index (χ2v) is 6.75. The number of nitrogens with zero attached hydrogens (tertiary/aromatic N) is 3. The van der Waals surface area contributed by atoms with Crippen molar-refractivity contribution < 1.29 is 14.3 Å². The molecule has 2 aromatic carbocycles. The first kappa shape index (κ1) is 17.3. The van der Waals surface area contributed by atoms with Crippen molar-refractivity contribution in [1.29, 1.82) is 0 Å². The van der Waals surface area contributed by atoms with E-state index in [1.807, 2.05) is 30.3 Å². The topological polar surface area (TPSA) is 77.7 Å². The van der Waals surface area contributed by atoms with Crippen molar-refractivity contribution in [2.75, 3.05) is 6.79 Å². The van der Waals surface area contributed by atoms with Crippen molar-refractivity contribution in [2.45, 2.75) is 6.54 Å². The van der Waals surface area contributed by atoms with Crippen LogP contribution in [0.2, 0.25) is 0 Å². The van der Waals surface area contributed by atoms with Crippen molar-refractivity contribution in [2.24, 2.45) is 5.10 Å². The second-order valence-electron chi connectivity index (χ2n) is 5.84. The Morgan fingerprint density at radius 3 is 2.85 bits per heavy atom. The van der Waals surface area contributed by atoms with Gasteiger partial charge in [0, 0.05) is 10.7 Å². The van der Waals surface area contributed by atoms with E-state index < -0.39 is 0 Å². The van der Waals surface area contributed by atoms with Gasteiger partial charge in [-0.1, -0.05) is 28.1 Å². The average Bonchev–Trinajstić information content (AvgIpc) is 3.32. The Kier molecular flexibility index (Phi) is 4.88. The molecule has 0 atom stereocenters. The van der Waals surface area contributed by atoms with Gasteiger partial charge in [0.25, 0.3) is 5.91 Å². The number of ether oxygens (including phenoxy) is 2. The summed E-state index contributed by atoms with van der Waals surface area (Å²) in [6.45, 7) is 0.802. The number of hydrogen-bond donors (Lipinski definition) is 1. The number of nitrogens with one attached hydrogen (secondary N) is 1. The average molecular weight is 427 g/mol. The number of benzene rings is 2. The van der Waals surface area contributed by atoms with E-state index in [0.717, 1.165) is 15.6 Å². The van der Waals surface area contributed by atoms with E-state index in [0.29, 0.717) is 23.7 Å². The van der Waals surface area contributed by atoms with Gasteiger partial charge in [0.15, 0.2) is 17.2 Å². The minimum Gasteiger partial charge on any atom is -0.454 e. The van der Waals surface area contributed by atoms with Crippen LogP contribution in [-0.2, 0) is 6.54 Å². The van der Waals surface area contributed by atoms with Gasteiger partial charge in [-0.2, -0.15) is 10.2 Å². The Hall–Kier alpha value is -3.13. The predicted octanol–water partition coefficient (Wildman–Crippen LogP) is 3.19. The maximum Gasteiger partial charge on any atom is 0.291 e. The van der Waals surface area contributed by atoms with Crippen molar-refractivity contribution in [3.05, 3.63) is 76.0 Å². The van der Waals surface area contributed by atoms with Crippen molar-refractivity contribution in [1.82, 2.24) is 15.2 Å². The quantitative estimate of drug-likeness (QED) is 0.501. The minimum absolute atomic E-state index is 0.218. The zero-order valence-electron chi connectivity index (χ0n) is 14.1. The smallest absolute Gasteiger partial charge is 0.291 e. The first-order valence-corrected chi connectivity index (χ1v) is 8.98. The summed E-state index contributed by atoms with van der Waals surface area (Å²) >= 11 is 3.41. The third kappa shape index (κ3) is 4.17. The standard InChI is InChI=1S/C19H15BrN4O3/c20-15-4-1-13(2-5-15)11-24-8-7-16(23-24)19(25)22-21-10-14-3-6-17-18(9-14)27-12-26-17/h1-10H,11-12H2,(H,22,25)/b21-10+. The van der Waals surface area contributed by atoms with Crippen LogP contribution in [0.4, 0.5) is 0 Å². The molecule has 1 amide bonds. The molecule has 7 nitrogen and oxygen atoms in total. The summed E-state index contributed by atoms with van der Waals surface area (Å²) in [5.41, 5.74) is 4.66. The molecule has 2 heterocycles. The summed E-state index contributed by atoms with van der Waals surface area (Å²) in [5, 5.41) is 8.25. The molecular formula is C19H15BrN4O3. The molecule has 4 rings (SSSR count). The lowest BCUT2D eigenvalue weighted by Gasteiger charge is -2.02. The summed E-state index contributed by atoms with van der Waals surface area (Å²) < 4.78 is 13.3. The van der Waals surface area contributed by atoms with Crippen LogP contribution >= 0.6 is 15.9 Å². The van der Waals surface area contributed by atoms with Crippen LogP contribution in [0.25, 0.3) is 0 Å². The third-order valence-electron chi connectivity index (χ3n) is 3.91. The Labute approximate surface area is 163 Å². The molecule has 0 saturated heterocycles. The van der Waals surface area contributed by atoms with Crippen LogP contribution in [0.5, 0.6) is 11.5 Å². The summed E-state index contributed by atoms with van der Waals surface area (Å²) in [7, 11) is 0. The number of hydrazone groups is 1. The van der Waals surface area contributed by atoms with Gasteiger partial charge in [-0.3, -0.25) is 9.48 Å². The highest BCUT2D eigenvalue weighted by Gasteiger charge is 2.12. The van der Waals surface area contributed by atoms with E-state index in [4.69, 9.17) is 9.47 Å². The van der Waals surface area contributed by atoms with E-state index in [2.05, 4.69) is 31.6 Å². The fraction of sp³-hybridized carbons (Fsp3) is 0.105. The number of hydrogen-bond acceptors (Lipinski definition) is 5. The summed E-state index contributed by atoms with van der Waals surface area (Å²) in [5.74, 6) is 0.992. The largest absolute Gasteiger partial charge is 0.454 e. The molecule has 1 aliphatic heterocycles. The second kappa shape index (κ2) is 7.63. The highest BCUT2D eigenvalue weighted by Crippen LogP contribution is 2.31. The lowest BCUT2D eigenvalue weighted by Crippen LogP contribution is -2.18. The number of amides is 1. The predicted molar refractivity (Wildman–Crippen MR) is 103 cm³/mol. The summed E-state index contributed by atoms with van der Waals surface area (Å²) in [6, 6.07) is 15.0. The molecule has 1 aliphatic rings. The summed E-state index contributed by atoms with van der Waals surface area (Å²) in [6.07, 6.45) is 3.30. The fourth-order valence-electron chi connectivity index (χ4n) is 2.56.